The molecule has 0 spiro atoms. The molecule has 0 aliphatic heterocycles. The van der Waals surface area contributed by atoms with E-state index in [0.717, 1.165) is 16.5 Å². The van der Waals surface area contributed by atoms with Crippen molar-refractivity contribution in [1.82, 2.24) is 20.9 Å². The third-order valence-electron chi connectivity index (χ3n) is 7.03. The molecule has 14 heteroatoms. The molecule has 11 N–H and O–H groups in total. The predicted octanol–water partition coefficient (Wildman–Crippen LogP) is 0.129. The molecule has 0 saturated heterocycles. The summed E-state index contributed by atoms with van der Waals surface area (Å²) in [6.45, 7) is 0.349. The standard InChI is InChI=1S/C30H38N6O8/c31-12-4-3-7-23(30(43)44)34-28(41)24(13-17-8-10-19(37)11-9-17)36-29(42)25(15-26(38)39)35-27(40)21(32)14-18-16-33-22-6-2-1-5-20(18)22/h1-2,5-6,8-11,16,21,23-25,33,37H,3-4,7,12-15,31-32H2,(H,34,41)(H,35,40)(H,36,42)(H,38,39)(H,43,44). The summed E-state index contributed by atoms with van der Waals surface area (Å²) in [5.41, 5.74) is 13.7. The molecule has 0 fully saturated rings. The number of benzene rings is 2. The molecule has 0 radical (unpaired) electrons. The maximum atomic E-state index is 13.3. The van der Waals surface area contributed by atoms with Gasteiger partial charge in [-0.15, -0.1) is 0 Å². The number of hydrogen-bond acceptors (Lipinski definition) is 8. The van der Waals surface area contributed by atoms with E-state index in [9.17, 15) is 39.3 Å². The molecule has 1 heterocycles. The third-order valence-corrected chi connectivity index (χ3v) is 7.03. The minimum Gasteiger partial charge on any atom is -0.508 e. The van der Waals surface area contributed by atoms with Gasteiger partial charge < -0.3 is 47.7 Å². The van der Waals surface area contributed by atoms with Crippen LogP contribution in [0.25, 0.3) is 10.9 Å². The summed E-state index contributed by atoms with van der Waals surface area (Å²) in [5, 5.41) is 36.8. The predicted molar refractivity (Wildman–Crippen MR) is 160 cm³/mol. The molecular weight excluding hydrogens is 572 g/mol. The smallest absolute Gasteiger partial charge is 0.326 e. The Balaban J connectivity index is 1.76. The van der Waals surface area contributed by atoms with Crippen LogP contribution < -0.4 is 27.4 Å². The number of phenolic OH excluding ortho intramolecular Hbond substituents is 1. The number of para-hydroxylation sites is 1. The zero-order valence-corrected chi connectivity index (χ0v) is 24.0. The highest BCUT2D eigenvalue weighted by molar-refractivity contribution is 5.96. The Bertz CT molecular complexity index is 1460. The first-order valence-electron chi connectivity index (χ1n) is 14.1. The number of carboxylic acids is 2. The molecule has 236 valence electrons. The fourth-order valence-corrected chi connectivity index (χ4v) is 4.66. The number of carbonyl (C=O) groups excluding carboxylic acids is 3. The SMILES string of the molecule is NCCCCC(NC(=O)C(Cc1ccc(O)cc1)NC(=O)C(CC(=O)O)NC(=O)C(N)Cc1c[nH]c2ccccc12)C(=O)O. The van der Waals surface area contributed by atoms with Crippen LogP contribution >= 0.6 is 0 Å². The quantitative estimate of drug-likeness (QED) is 0.0934. The fraction of sp³-hybridized carbons (Fsp3) is 0.367. The van der Waals surface area contributed by atoms with Crippen LogP contribution in [0.15, 0.2) is 54.7 Å². The Kier molecular flexibility index (Phi) is 12.2. The van der Waals surface area contributed by atoms with Crippen LogP contribution in [-0.2, 0) is 36.8 Å². The molecule has 0 saturated carbocycles. The molecule has 4 atom stereocenters. The molecule has 0 bridgehead atoms. The Hall–Kier alpha value is -4.95. The number of aromatic nitrogens is 1. The lowest BCUT2D eigenvalue weighted by molar-refractivity contribution is -0.143. The molecule has 4 unspecified atom stereocenters. The maximum Gasteiger partial charge on any atom is 0.326 e. The molecule has 2 aromatic carbocycles. The second-order valence-electron chi connectivity index (χ2n) is 10.4. The van der Waals surface area contributed by atoms with Gasteiger partial charge in [0.15, 0.2) is 0 Å². The highest BCUT2D eigenvalue weighted by atomic mass is 16.4. The van der Waals surface area contributed by atoms with Crippen molar-refractivity contribution in [3.63, 3.8) is 0 Å². The molecule has 1 aromatic heterocycles. The summed E-state index contributed by atoms with van der Waals surface area (Å²) >= 11 is 0. The van der Waals surface area contributed by atoms with Crippen LogP contribution in [0.2, 0.25) is 0 Å². The molecule has 3 aromatic rings. The number of phenols is 1. The van der Waals surface area contributed by atoms with Crippen molar-refractivity contribution in [2.45, 2.75) is 62.7 Å². The van der Waals surface area contributed by atoms with Gasteiger partial charge in [0.2, 0.25) is 17.7 Å². The van der Waals surface area contributed by atoms with Crippen molar-refractivity contribution < 1.29 is 39.3 Å². The lowest BCUT2D eigenvalue weighted by atomic mass is 10.0. The Morgan fingerprint density at radius 3 is 2.09 bits per heavy atom. The second-order valence-corrected chi connectivity index (χ2v) is 10.4. The first kappa shape index (κ1) is 33.6. The van der Waals surface area contributed by atoms with Gasteiger partial charge in [-0.25, -0.2) is 4.79 Å². The summed E-state index contributed by atoms with van der Waals surface area (Å²) in [7, 11) is 0. The van der Waals surface area contributed by atoms with Gasteiger partial charge in [-0.05, 0) is 61.6 Å². The first-order valence-corrected chi connectivity index (χ1v) is 14.1. The second kappa shape index (κ2) is 16.0. The first-order chi connectivity index (χ1) is 21.0. The number of amides is 3. The lowest BCUT2D eigenvalue weighted by Gasteiger charge is -2.25. The number of fused-ring (bicyclic) bond motifs is 1. The molecule has 14 nitrogen and oxygen atoms in total. The Morgan fingerprint density at radius 2 is 1.43 bits per heavy atom. The minimum absolute atomic E-state index is 0.0298. The lowest BCUT2D eigenvalue weighted by Crippen LogP contribution is -2.58. The summed E-state index contributed by atoms with van der Waals surface area (Å²) in [6, 6.07) is 7.86. The molecule has 0 aliphatic rings. The van der Waals surface area contributed by atoms with Crippen molar-refractivity contribution in [2.75, 3.05) is 6.54 Å². The number of rotatable bonds is 17. The van der Waals surface area contributed by atoms with Crippen molar-refractivity contribution in [3.05, 3.63) is 65.9 Å². The zero-order chi connectivity index (χ0) is 32.2. The van der Waals surface area contributed by atoms with Crippen molar-refractivity contribution in [1.29, 1.82) is 0 Å². The minimum atomic E-state index is -1.59. The van der Waals surface area contributed by atoms with Crippen LogP contribution in [0.4, 0.5) is 0 Å². The van der Waals surface area contributed by atoms with Gasteiger partial charge in [0.05, 0.1) is 12.5 Å². The van der Waals surface area contributed by atoms with Crippen LogP contribution in [-0.4, -0.2) is 80.7 Å². The molecule has 3 rings (SSSR count). The highest BCUT2D eigenvalue weighted by Crippen LogP contribution is 2.19. The van der Waals surface area contributed by atoms with E-state index in [1.807, 2.05) is 24.3 Å². The maximum absolute atomic E-state index is 13.3. The number of hydrogen-bond donors (Lipinski definition) is 9. The number of aliphatic carboxylic acids is 2. The average molecular weight is 611 g/mol. The Morgan fingerprint density at radius 1 is 0.795 bits per heavy atom. The number of carboxylic acid groups (broad SMARTS) is 2. The number of H-pyrrole nitrogens is 1. The van der Waals surface area contributed by atoms with Gasteiger partial charge in [0.1, 0.15) is 23.9 Å². The molecule has 0 aliphatic carbocycles. The monoisotopic (exact) mass is 610 g/mol. The largest absolute Gasteiger partial charge is 0.508 e. The zero-order valence-electron chi connectivity index (χ0n) is 24.0. The number of nitrogens with two attached hydrogens (primary N) is 2. The van der Waals surface area contributed by atoms with Crippen molar-refractivity contribution in [3.8, 4) is 5.75 Å². The topological polar surface area (TPSA) is 250 Å². The van der Waals surface area contributed by atoms with Crippen LogP contribution in [0.3, 0.4) is 0 Å². The van der Waals surface area contributed by atoms with E-state index < -0.39 is 60.2 Å². The van der Waals surface area contributed by atoms with Gasteiger partial charge in [-0.1, -0.05) is 30.3 Å². The van der Waals surface area contributed by atoms with E-state index in [1.54, 1.807) is 6.20 Å². The summed E-state index contributed by atoms with van der Waals surface area (Å²) in [5.74, 6) is -5.27. The number of nitrogens with one attached hydrogen (secondary N) is 4. The van der Waals surface area contributed by atoms with Crippen LogP contribution in [0.5, 0.6) is 5.75 Å². The molecule has 3 amide bonds. The average Bonchev–Trinajstić information content (AvgIpc) is 3.39. The van der Waals surface area contributed by atoms with Crippen molar-refractivity contribution in [2.24, 2.45) is 11.5 Å². The van der Waals surface area contributed by atoms with E-state index in [-0.39, 0.29) is 25.0 Å². The van der Waals surface area contributed by atoms with Gasteiger partial charge in [-0.3, -0.25) is 19.2 Å². The number of aromatic hydroxyl groups is 1. The van der Waals surface area contributed by atoms with Gasteiger partial charge >= 0.3 is 11.9 Å². The van der Waals surface area contributed by atoms with Crippen LogP contribution in [0, 0.1) is 0 Å². The molecule has 44 heavy (non-hydrogen) atoms. The van der Waals surface area contributed by atoms with Gasteiger partial charge in [0, 0.05) is 23.5 Å². The summed E-state index contributed by atoms with van der Waals surface area (Å²) in [6.07, 6.45) is 1.98. The third kappa shape index (κ3) is 9.81. The van der Waals surface area contributed by atoms with Crippen LogP contribution in [0.1, 0.15) is 36.8 Å². The van der Waals surface area contributed by atoms with E-state index in [1.165, 1.54) is 24.3 Å². The number of carbonyl (C=O) groups is 5. The summed E-state index contributed by atoms with van der Waals surface area (Å²) in [4.78, 5) is 66.1. The van der Waals surface area contributed by atoms with Gasteiger partial charge in [-0.2, -0.15) is 0 Å². The Labute approximate surface area is 253 Å². The van der Waals surface area contributed by atoms with Gasteiger partial charge in [0.25, 0.3) is 0 Å². The van der Waals surface area contributed by atoms with Crippen molar-refractivity contribution >= 4 is 40.6 Å². The molecular formula is C30H38N6O8. The summed E-state index contributed by atoms with van der Waals surface area (Å²) < 4.78 is 0. The number of unbranched alkanes of at least 4 members (excludes halogenated alkanes) is 1. The van der Waals surface area contributed by atoms with E-state index in [2.05, 4.69) is 20.9 Å². The fourth-order valence-electron chi connectivity index (χ4n) is 4.66. The highest BCUT2D eigenvalue weighted by Gasteiger charge is 2.31. The van der Waals surface area contributed by atoms with E-state index in [0.29, 0.717) is 24.9 Å². The normalized spacial score (nSPS) is 13.8. The van der Waals surface area contributed by atoms with E-state index >= 15 is 0 Å². The van der Waals surface area contributed by atoms with E-state index in [4.69, 9.17) is 11.5 Å². The number of aromatic amines is 1.